The first-order chi connectivity index (χ1) is 9.01. The van der Waals surface area contributed by atoms with Gasteiger partial charge in [-0.15, -0.1) is 0 Å². The highest BCUT2D eigenvalue weighted by Crippen LogP contribution is 2.25. The van der Waals surface area contributed by atoms with E-state index in [2.05, 4.69) is 24.1 Å². The van der Waals surface area contributed by atoms with Gasteiger partial charge in [-0.05, 0) is 32.9 Å². The molecule has 1 aromatic heterocycles. The standard InChI is InChI=1S/C14H18FN3O/c1-9(2)18-8-10(3)16-14(18)17-11-5-6-12(15)13(7-11)19-4/h5-9H,1-4H3,(H,16,17). The molecule has 0 aliphatic heterocycles. The fourth-order valence-corrected chi connectivity index (χ4v) is 1.87. The first kappa shape index (κ1) is 13.4. The molecule has 102 valence electrons. The summed E-state index contributed by atoms with van der Waals surface area (Å²) in [6.07, 6.45) is 1.98. The van der Waals surface area contributed by atoms with Crippen molar-refractivity contribution in [1.82, 2.24) is 9.55 Å². The molecule has 0 radical (unpaired) electrons. The SMILES string of the molecule is COc1cc(Nc2nc(C)cn2C(C)C)ccc1F. The van der Waals surface area contributed by atoms with E-state index in [9.17, 15) is 4.39 Å². The van der Waals surface area contributed by atoms with E-state index in [4.69, 9.17) is 4.74 Å². The first-order valence-corrected chi connectivity index (χ1v) is 6.17. The molecule has 0 atom stereocenters. The molecule has 0 aliphatic carbocycles. The third-order valence-corrected chi connectivity index (χ3v) is 2.82. The topological polar surface area (TPSA) is 39.1 Å². The van der Waals surface area contributed by atoms with Gasteiger partial charge in [0.1, 0.15) is 0 Å². The van der Waals surface area contributed by atoms with Crippen LogP contribution in [-0.2, 0) is 0 Å². The Morgan fingerprint density at radius 3 is 2.74 bits per heavy atom. The van der Waals surface area contributed by atoms with Gasteiger partial charge in [0.2, 0.25) is 5.95 Å². The number of hydrogen-bond donors (Lipinski definition) is 1. The molecule has 0 fully saturated rings. The van der Waals surface area contributed by atoms with Crippen molar-refractivity contribution in [3.63, 3.8) is 0 Å². The monoisotopic (exact) mass is 263 g/mol. The van der Waals surface area contributed by atoms with Gasteiger partial charge in [-0.25, -0.2) is 9.37 Å². The molecule has 1 aromatic carbocycles. The molecule has 0 saturated carbocycles. The van der Waals surface area contributed by atoms with Crippen LogP contribution in [0.15, 0.2) is 24.4 Å². The molecule has 0 amide bonds. The predicted octanol–water partition coefficient (Wildman–Crippen LogP) is 3.66. The smallest absolute Gasteiger partial charge is 0.207 e. The van der Waals surface area contributed by atoms with E-state index in [1.165, 1.54) is 13.2 Å². The van der Waals surface area contributed by atoms with Crippen molar-refractivity contribution in [2.75, 3.05) is 12.4 Å². The van der Waals surface area contributed by atoms with Crippen LogP contribution in [0, 0.1) is 12.7 Å². The minimum absolute atomic E-state index is 0.212. The molecule has 1 heterocycles. The average Bonchev–Trinajstić information content (AvgIpc) is 2.73. The minimum Gasteiger partial charge on any atom is -0.494 e. The number of hydrogen-bond acceptors (Lipinski definition) is 3. The number of nitrogens with one attached hydrogen (secondary N) is 1. The molecule has 1 N–H and O–H groups in total. The van der Waals surface area contributed by atoms with Gasteiger partial charge >= 0.3 is 0 Å². The van der Waals surface area contributed by atoms with E-state index in [1.807, 2.05) is 17.7 Å². The van der Waals surface area contributed by atoms with Gasteiger partial charge in [0, 0.05) is 24.0 Å². The number of methoxy groups -OCH3 is 1. The molecule has 0 saturated heterocycles. The van der Waals surface area contributed by atoms with Crippen LogP contribution in [0.3, 0.4) is 0 Å². The molecule has 2 rings (SSSR count). The van der Waals surface area contributed by atoms with Crippen LogP contribution in [-0.4, -0.2) is 16.7 Å². The van der Waals surface area contributed by atoms with E-state index in [1.54, 1.807) is 12.1 Å². The lowest BCUT2D eigenvalue weighted by Gasteiger charge is -2.13. The van der Waals surface area contributed by atoms with Crippen molar-refractivity contribution < 1.29 is 9.13 Å². The molecule has 0 bridgehead atoms. The lowest BCUT2D eigenvalue weighted by molar-refractivity contribution is 0.387. The maximum absolute atomic E-state index is 13.3. The Morgan fingerprint density at radius 2 is 2.11 bits per heavy atom. The quantitative estimate of drug-likeness (QED) is 0.914. The molecule has 5 heteroatoms. The first-order valence-electron chi connectivity index (χ1n) is 6.17. The van der Waals surface area contributed by atoms with Crippen LogP contribution < -0.4 is 10.1 Å². The Labute approximate surface area is 112 Å². The Bertz CT molecular complexity index is 578. The summed E-state index contributed by atoms with van der Waals surface area (Å²) in [5, 5.41) is 3.18. The Hall–Kier alpha value is -2.04. The summed E-state index contributed by atoms with van der Waals surface area (Å²) in [5.41, 5.74) is 1.68. The van der Waals surface area contributed by atoms with Crippen LogP contribution in [0.1, 0.15) is 25.6 Å². The van der Waals surface area contributed by atoms with E-state index in [0.717, 1.165) is 17.3 Å². The lowest BCUT2D eigenvalue weighted by atomic mass is 10.3. The van der Waals surface area contributed by atoms with E-state index in [-0.39, 0.29) is 11.6 Å². The summed E-state index contributed by atoms with van der Waals surface area (Å²) in [6.45, 7) is 6.10. The maximum Gasteiger partial charge on any atom is 0.207 e. The number of aromatic nitrogens is 2. The summed E-state index contributed by atoms with van der Waals surface area (Å²) < 4.78 is 20.3. The zero-order chi connectivity index (χ0) is 14.0. The van der Waals surface area contributed by atoms with Gasteiger partial charge in [-0.1, -0.05) is 0 Å². The van der Waals surface area contributed by atoms with Gasteiger partial charge in [-0.3, -0.25) is 0 Å². The fourth-order valence-electron chi connectivity index (χ4n) is 1.87. The Balaban J connectivity index is 2.31. The lowest BCUT2D eigenvalue weighted by Crippen LogP contribution is -2.05. The van der Waals surface area contributed by atoms with Gasteiger partial charge in [0.05, 0.1) is 12.8 Å². The van der Waals surface area contributed by atoms with Crippen LogP contribution in [0.5, 0.6) is 5.75 Å². The second kappa shape index (κ2) is 5.30. The highest BCUT2D eigenvalue weighted by molar-refractivity contribution is 5.56. The third-order valence-electron chi connectivity index (χ3n) is 2.82. The van der Waals surface area contributed by atoms with Crippen LogP contribution in [0.25, 0.3) is 0 Å². The van der Waals surface area contributed by atoms with Gasteiger partial charge < -0.3 is 14.6 Å². The Kier molecular flexibility index (Phi) is 3.74. The van der Waals surface area contributed by atoms with Gasteiger partial charge in [0.15, 0.2) is 11.6 Å². The van der Waals surface area contributed by atoms with E-state index < -0.39 is 0 Å². The van der Waals surface area contributed by atoms with Crippen LogP contribution in [0.4, 0.5) is 16.0 Å². The molecule has 0 spiro atoms. The molecule has 19 heavy (non-hydrogen) atoms. The number of imidazole rings is 1. The largest absolute Gasteiger partial charge is 0.494 e. The summed E-state index contributed by atoms with van der Waals surface area (Å²) in [4.78, 5) is 4.42. The second-order valence-electron chi connectivity index (χ2n) is 4.68. The van der Waals surface area contributed by atoms with E-state index in [0.29, 0.717) is 6.04 Å². The number of halogens is 1. The van der Waals surface area contributed by atoms with Crippen molar-refractivity contribution in [3.8, 4) is 5.75 Å². The number of aryl methyl sites for hydroxylation is 1. The predicted molar refractivity (Wildman–Crippen MR) is 73.6 cm³/mol. The number of anilines is 2. The zero-order valence-electron chi connectivity index (χ0n) is 11.6. The highest BCUT2D eigenvalue weighted by Gasteiger charge is 2.10. The average molecular weight is 263 g/mol. The molecule has 4 nitrogen and oxygen atoms in total. The van der Waals surface area contributed by atoms with Crippen molar-refractivity contribution in [2.24, 2.45) is 0 Å². The molecular weight excluding hydrogens is 245 g/mol. The summed E-state index contributed by atoms with van der Waals surface area (Å²) >= 11 is 0. The molecule has 0 unspecified atom stereocenters. The third kappa shape index (κ3) is 2.86. The van der Waals surface area contributed by atoms with Crippen LogP contribution >= 0.6 is 0 Å². The number of rotatable bonds is 4. The number of nitrogens with zero attached hydrogens (tertiary/aromatic N) is 2. The van der Waals surface area contributed by atoms with Crippen molar-refractivity contribution >= 4 is 11.6 Å². The summed E-state index contributed by atoms with van der Waals surface area (Å²) in [5.74, 6) is 0.571. The fraction of sp³-hybridized carbons (Fsp3) is 0.357. The van der Waals surface area contributed by atoms with Crippen molar-refractivity contribution in [1.29, 1.82) is 0 Å². The Morgan fingerprint density at radius 1 is 1.37 bits per heavy atom. The molecule has 2 aromatic rings. The normalized spacial score (nSPS) is 10.8. The minimum atomic E-state index is -0.378. The number of benzene rings is 1. The van der Waals surface area contributed by atoms with Crippen molar-refractivity contribution in [3.05, 3.63) is 35.9 Å². The summed E-state index contributed by atoms with van der Waals surface area (Å²) in [7, 11) is 1.45. The molecular formula is C14H18FN3O. The maximum atomic E-state index is 13.3. The second-order valence-corrected chi connectivity index (χ2v) is 4.68. The highest BCUT2D eigenvalue weighted by atomic mass is 19.1. The van der Waals surface area contributed by atoms with Gasteiger partial charge in [0.25, 0.3) is 0 Å². The summed E-state index contributed by atoms with van der Waals surface area (Å²) in [6, 6.07) is 4.94. The number of ether oxygens (including phenoxy) is 1. The molecule has 0 aliphatic rings. The zero-order valence-corrected chi connectivity index (χ0v) is 11.6. The van der Waals surface area contributed by atoms with Crippen molar-refractivity contribution in [2.45, 2.75) is 26.8 Å². The van der Waals surface area contributed by atoms with Gasteiger partial charge in [-0.2, -0.15) is 0 Å². The van der Waals surface area contributed by atoms with Crippen LogP contribution in [0.2, 0.25) is 0 Å². The van der Waals surface area contributed by atoms with E-state index >= 15 is 0 Å².